The minimum absolute atomic E-state index is 0.0169. The van der Waals surface area contributed by atoms with Crippen molar-refractivity contribution in [1.82, 2.24) is 5.32 Å². The minimum atomic E-state index is -1.04. The second kappa shape index (κ2) is 10.9. The fourth-order valence-corrected chi connectivity index (χ4v) is 4.94. The summed E-state index contributed by atoms with van der Waals surface area (Å²) in [4.78, 5) is 23.7. The zero-order chi connectivity index (χ0) is 24.0. The molecular formula is C27H35NO5. The van der Waals surface area contributed by atoms with Crippen LogP contribution in [0.1, 0.15) is 78.1 Å². The molecule has 3 rings (SSSR count). The van der Waals surface area contributed by atoms with Gasteiger partial charge in [-0.2, -0.15) is 0 Å². The Morgan fingerprint density at radius 1 is 1.00 bits per heavy atom. The van der Waals surface area contributed by atoms with Gasteiger partial charge in [-0.1, -0.05) is 43.7 Å². The van der Waals surface area contributed by atoms with Gasteiger partial charge in [0.2, 0.25) is 0 Å². The van der Waals surface area contributed by atoms with Crippen LogP contribution in [-0.2, 0) is 0 Å². The van der Waals surface area contributed by atoms with Crippen molar-refractivity contribution in [2.75, 3.05) is 6.54 Å². The van der Waals surface area contributed by atoms with Gasteiger partial charge in [0.15, 0.2) is 0 Å². The molecule has 4 N–H and O–H groups in total. The van der Waals surface area contributed by atoms with Crippen LogP contribution >= 0.6 is 0 Å². The number of nitrogens with one attached hydrogen (secondary N) is 1. The third kappa shape index (κ3) is 6.89. The highest BCUT2D eigenvalue weighted by Gasteiger charge is 2.37. The SMILES string of the molecule is C[C@@H]1CC[C@@H](CNC(=O)c2ccc(C(=O)O)cc2)[C@](C)(O)C[C@H](c2ccccc2)C[C@@H](O)C1. The molecule has 6 heteroatoms. The van der Waals surface area contributed by atoms with Gasteiger partial charge in [0, 0.05) is 18.0 Å². The molecule has 0 bridgehead atoms. The highest BCUT2D eigenvalue weighted by atomic mass is 16.4. The van der Waals surface area contributed by atoms with Crippen molar-refractivity contribution in [1.29, 1.82) is 0 Å². The molecule has 1 aliphatic carbocycles. The van der Waals surface area contributed by atoms with Gasteiger partial charge in [0.25, 0.3) is 5.91 Å². The lowest BCUT2D eigenvalue weighted by molar-refractivity contribution is -0.0278. The van der Waals surface area contributed by atoms with Gasteiger partial charge < -0.3 is 20.6 Å². The zero-order valence-electron chi connectivity index (χ0n) is 19.4. The minimum Gasteiger partial charge on any atom is -0.478 e. The molecule has 0 unspecified atom stereocenters. The van der Waals surface area contributed by atoms with Gasteiger partial charge in [0.05, 0.1) is 17.3 Å². The van der Waals surface area contributed by atoms with Crippen molar-refractivity contribution in [3.8, 4) is 0 Å². The molecule has 0 heterocycles. The number of carbonyl (C=O) groups is 2. The Balaban J connectivity index is 1.74. The number of aliphatic hydroxyl groups is 2. The standard InChI is InChI=1S/C27H35NO5/c1-18-8-13-23(17-28-25(30)20-9-11-21(12-10-20)26(31)32)27(2,33)16-22(15-24(29)14-18)19-6-4-3-5-7-19/h3-7,9-12,18,22-24,29,33H,8,13-17H2,1-2H3,(H,28,30)(H,31,32)/t18-,22-,23+,24+,27-/m1/s1. The molecule has 1 saturated carbocycles. The van der Waals surface area contributed by atoms with E-state index in [4.69, 9.17) is 5.11 Å². The molecule has 0 spiro atoms. The Morgan fingerprint density at radius 3 is 2.27 bits per heavy atom. The van der Waals surface area contributed by atoms with Crippen molar-refractivity contribution in [3.05, 3.63) is 71.3 Å². The Labute approximate surface area is 195 Å². The van der Waals surface area contributed by atoms with Crippen molar-refractivity contribution in [2.45, 2.75) is 63.6 Å². The highest BCUT2D eigenvalue weighted by molar-refractivity contribution is 5.95. The van der Waals surface area contributed by atoms with E-state index < -0.39 is 17.7 Å². The third-order valence-electron chi connectivity index (χ3n) is 6.95. The van der Waals surface area contributed by atoms with E-state index in [1.54, 1.807) is 0 Å². The van der Waals surface area contributed by atoms with Gasteiger partial charge in [0.1, 0.15) is 0 Å². The Morgan fingerprint density at radius 2 is 1.64 bits per heavy atom. The molecule has 33 heavy (non-hydrogen) atoms. The molecule has 0 aliphatic heterocycles. The lowest BCUT2D eigenvalue weighted by atomic mass is 9.73. The van der Waals surface area contributed by atoms with E-state index in [2.05, 4.69) is 12.2 Å². The lowest BCUT2D eigenvalue weighted by Crippen LogP contribution is -2.44. The molecule has 1 amide bonds. The first-order valence-electron chi connectivity index (χ1n) is 11.7. The summed E-state index contributed by atoms with van der Waals surface area (Å²) in [6.45, 7) is 4.28. The Hall–Kier alpha value is -2.70. The van der Waals surface area contributed by atoms with Gasteiger partial charge >= 0.3 is 5.97 Å². The van der Waals surface area contributed by atoms with Crippen LogP contribution in [-0.4, -0.2) is 45.4 Å². The maximum Gasteiger partial charge on any atom is 0.335 e. The van der Waals surface area contributed by atoms with Crippen LogP contribution in [0.25, 0.3) is 0 Å². The largest absolute Gasteiger partial charge is 0.478 e. The predicted molar refractivity (Wildman–Crippen MR) is 127 cm³/mol. The summed E-state index contributed by atoms with van der Waals surface area (Å²) in [6, 6.07) is 15.8. The number of benzene rings is 2. The monoisotopic (exact) mass is 453 g/mol. The molecule has 1 fully saturated rings. The number of carboxylic acid groups (broad SMARTS) is 1. The van der Waals surface area contributed by atoms with E-state index in [1.807, 2.05) is 37.3 Å². The number of aliphatic hydroxyl groups excluding tert-OH is 1. The fourth-order valence-electron chi connectivity index (χ4n) is 4.94. The average molecular weight is 454 g/mol. The molecule has 0 saturated heterocycles. The number of amides is 1. The predicted octanol–water partition coefficient (Wildman–Crippen LogP) is 4.23. The number of carboxylic acids is 1. The summed E-state index contributed by atoms with van der Waals surface area (Å²) in [5, 5.41) is 34.2. The maximum absolute atomic E-state index is 12.7. The summed E-state index contributed by atoms with van der Waals surface area (Å²) in [6.07, 6.45) is 3.00. The van der Waals surface area contributed by atoms with Crippen LogP contribution in [0.3, 0.4) is 0 Å². The first kappa shape index (κ1) is 24.9. The lowest BCUT2D eigenvalue weighted by Gasteiger charge is -2.38. The second-order valence-electron chi connectivity index (χ2n) is 9.77. The maximum atomic E-state index is 12.7. The summed E-state index contributed by atoms with van der Waals surface area (Å²) in [5.41, 5.74) is 0.590. The van der Waals surface area contributed by atoms with E-state index in [9.17, 15) is 19.8 Å². The number of hydrogen-bond donors (Lipinski definition) is 4. The third-order valence-corrected chi connectivity index (χ3v) is 6.95. The molecule has 2 aromatic carbocycles. The topological polar surface area (TPSA) is 107 Å². The van der Waals surface area contributed by atoms with Gasteiger partial charge in [-0.3, -0.25) is 4.79 Å². The van der Waals surface area contributed by atoms with Crippen LogP contribution in [0.15, 0.2) is 54.6 Å². The molecule has 0 radical (unpaired) electrons. The first-order chi connectivity index (χ1) is 15.7. The van der Waals surface area contributed by atoms with E-state index in [0.29, 0.717) is 30.9 Å². The first-order valence-corrected chi connectivity index (χ1v) is 11.7. The average Bonchev–Trinajstić information content (AvgIpc) is 2.78. The van der Waals surface area contributed by atoms with E-state index >= 15 is 0 Å². The van der Waals surface area contributed by atoms with Crippen molar-refractivity contribution < 1.29 is 24.9 Å². The van der Waals surface area contributed by atoms with Crippen molar-refractivity contribution in [2.24, 2.45) is 11.8 Å². The second-order valence-corrected chi connectivity index (χ2v) is 9.77. The molecule has 2 aromatic rings. The van der Waals surface area contributed by atoms with Crippen molar-refractivity contribution >= 4 is 11.9 Å². The molecule has 0 aromatic heterocycles. The van der Waals surface area contributed by atoms with Crippen LogP contribution in [0, 0.1) is 11.8 Å². The van der Waals surface area contributed by atoms with Crippen LogP contribution in [0.4, 0.5) is 0 Å². The zero-order valence-corrected chi connectivity index (χ0v) is 19.4. The number of carbonyl (C=O) groups excluding carboxylic acids is 1. The molecule has 6 nitrogen and oxygen atoms in total. The Kier molecular flexibility index (Phi) is 8.27. The van der Waals surface area contributed by atoms with Gasteiger partial charge in [-0.25, -0.2) is 4.79 Å². The van der Waals surface area contributed by atoms with Crippen molar-refractivity contribution in [3.63, 3.8) is 0 Å². The molecule has 178 valence electrons. The summed E-state index contributed by atoms with van der Waals surface area (Å²) < 4.78 is 0. The highest BCUT2D eigenvalue weighted by Crippen LogP contribution is 2.38. The van der Waals surface area contributed by atoms with E-state index in [-0.39, 0.29) is 23.3 Å². The fraction of sp³-hybridized carbons (Fsp3) is 0.481. The van der Waals surface area contributed by atoms with Crippen LogP contribution in [0.5, 0.6) is 0 Å². The molecular weight excluding hydrogens is 418 g/mol. The quantitative estimate of drug-likeness (QED) is 0.542. The van der Waals surface area contributed by atoms with E-state index in [1.165, 1.54) is 24.3 Å². The van der Waals surface area contributed by atoms with Gasteiger partial charge in [-0.15, -0.1) is 0 Å². The molecule has 5 atom stereocenters. The number of rotatable bonds is 5. The smallest absolute Gasteiger partial charge is 0.335 e. The number of aromatic carboxylic acids is 1. The summed E-state index contributed by atoms with van der Waals surface area (Å²) >= 11 is 0. The normalized spacial score (nSPS) is 28.6. The number of hydrogen-bond acceptors (Lipinski definition) is 4. The van der Waals surface area contributed by atoms with Crippen LogP contribution < -0.4 is 5.32 Å². The summed E-state index contributed by atoms with van der Waals surface area (Å²) in [7, 11) is 0. The van der Waals surface area contributed by atoms with Crippen LogP contribution in [0.2, 0.25) is 0 Å². The Bertz CT molecular complexity index is 925. The summed E-state index contributed by atoms with van der Waals surface area (Å²) in [5.74, 6) is -1.14. The molecule has 1 aliphatic rings. The van der Waals surface area contributed by atoms with E-state index in [0.717, 1.165) is 24.8 Å². The van der Waals surface area contributed by atoms with Gasteiger partial charge in [-0.05, 0) is 74.3 Å².